The lowest BCUT2D eigenvalue weighted by Gasteiger charge is -2.26. The molecule has 0 saturated carbocycles. The summed E-state index contributed by atoms with van der Waals surface area (Å²) in [5, 5.41) is 6.36. The van der Waals surface area contributed by atoms with Gasteiger partial charge in [0, 0.05) is 18.6 Å². The minimum atomic E-state index is 0.156. The number of likely N-dealkylation sites (N-methyl/N-ethyl adjacent to an activating group) is 1. The van der Waals surface area contributed by atoms with E-state index in [1.54, 1.807) is 0 Å². The molecule has 16 heavy (non-hydrogen) atoms. The van der Waals surface area contributed by atoms with E-state index in [1.807, 2.05) is 6.92 Å². The van der Waals surface area contributed by atoms with Crippen molar-refractivity contribution in [3.05, 3.63) is 0 Å². The largest absolute Gasteiger partial charge is 0.353 e. The lowest BCUT2D eigenvalue weighted by molar-refractivity contribution is -0.123. The van der Waals surface area contributed by atoms with Gasteiger partial charge >= 0.3 is 0 Å². The van der Waals surface area contributed by atoms with Crippen LogP contribution < -0.4 is 10.6 Å². The number of nitrogens with zero attached hydrogens (tertiary/aromatic N) is 1. The summed E-state index contributed by atoms with van der Waals surface area (Å²) in [4.78, 5) is 14.0. The van der Waals surface area contributed by atoms with Crippen LogP contribution in [0.25, 0.3) is 0 Å². The van der Waals surface area contributed by atoms with Crippen molar-refractivity contribution in [2.45, 2.75) is 45.7 Å². The minimum Gasteiger partial charge on any atom is -0.353 e. The molecule has 0 radical (unpaired) electrons. The van der Waals surface area contributed by atoms with E-state index in [1.165, 1.54) is 0 Å². The summed E-state index contributed by atoms with van der Waals surface area (Å²) in [6, 6.07) is 0.820. The number of carbonyl (C=O) groups excluding carboxylic acids is 1. The quantitative estimate of drug-likeness (QED) is 0.698. The minimum absolute atomic E-state index is 0.156. The summed E-state index contributed by atoms with van der Waals surface area (Å²) < 4.78 is 0. The highest BCUT2D eigenvalue weighted by atomic mass is 16.2. The summed E-state index contributed by atoms with van der Waals surface area (Å²) in [6.45, 7) is 9.83. The molecule has 1 heterocycles. The third-order valence-electron chi connectivity index (χ3n) is 3.32. The summed E-state index contributed by atoms with van der Waals surface area (Å²) in [5.41, 5.74) is 0. The van der Waals surface area contributed by atoms with Crippen LogP contribution in [0.4, 0.5) is 0 Å². The maximum Gasteiger partial charge on any atom is 0.234 e. The van der Waals surface area contributed by atoms with E-state index in [-0.39, 0.29) is 11.9 Å². The number of nitrogens with one attached hydrogen (secondary N) is 2. The van der Waals surface area contributed by atoms with Crippen LogP contribution in [0.1, 0.15) is 33.6 Å². The zero-order chi connectivity index (χ0) is 12.0. The Balaban J connectivity index is 2.34. The molecule has 2 unspecified atom stereocenters. The highest BCUT2D eigenvalue weighted by Crippen LogP contribution is 2.07. The molecule has 1 aliphatic heterocycles. The second kappa shape index (κ2) is 6.86. The third-order valence-corrected chi connectivity index (χ3v) is 3.32. The van der Waals surface area contributed by atoms with Crippen LogP contribution in [0.15, 0.2) is 0 Å². The van der Waals surface area contributed by atoms with Crippen molar-refractivity contribution < 1.29 is 4.79 Å². The molecule has 94 valence electrons. The Bertz CT molecular complexity index is 214. The molecule has 2 N–H and O–H groups in total. The molecule has 0 aromatic heterocycles. The van der Waals surface area contributed by atoms with E-state index in [2.05, 4.69) is 29.4 Å². The first-order chi connectivity index (χ1) is 7.67. The Kier molecular flexibility index (Phi) is 5.77. The highest BCUT2D eigenvalue weighted by molar-refractivity contribution is 5.78. The standard InChI is InChI=1S/C12H25N3O/c1-4-10(3)14-12(16)9-15(5-2)11-6-7-13-8-11/h10-11,13H,4-9H2,1-3H3,(H,14,16). The van der Waals surface area contributed by atoms with Gasteiger partial charge in [-0.15, -0.1) is 0 Å². The van der Waals surface area contributed by atoms with Gasteiger partial charge in [-0.2, -0.15) is 0 Å². The Morgan fingerprint density at radius 1 is 1.56 bits per heavy atom. The first-order valence-corrected chi connectivity index (χ1v) is 6.41. The zero-order valence-electron chi connectivity index (χ0n) is 10.8. The fourth-order valence-corrected chi connectivity index (χ4v) is 2.06. The molecule has 4 nitrogen and oxygen atoms in total. The molecule has 1 amide bonds. The molecule has 1 saturated heterocycles. The monoisotopic (exact) mass is 227 g/mol. The molecule has 0 aromatic carbocycles. The maximum atomic E-state index is 11.8. The van der Waals surface area contributed by atoms with E-state index >= 15 is 0 Å². The second-order valence-corrected chi connectivity index (χ2v) is 4.59. The average molecular weight is 227 g/mol. The van der Waals surface area contributed by atoms with Gasteiger partial charge in [0.2, 0.25) is 5.91 Å². The van der Waals surface area contributed by atoms with Crippen LogP contribution >= 0.6 is 0 Å². The van der Waals surface area contributed by atoms with E-state index in [0.29, 0.717) is 12.6 Å². The highest BCUT2D eigenvalue weighted by Gasteiger charge is 2.22. The van der Waals surface area contributed by atoms with Crippen LogP contribution in [-0.4, -0.2) is 49.1 Å². The second-order valence-electron chi connectivity index (χ2n) is 4.59. The SMILES string of the molecule is CCC(C)NC(=O)CN(CC)C1CCNC1. The predicted octanol–water partition coefficient (Wildman–Crippen LogP) is 0.585. The van der Waals surface area contributed by atoms with Gasteiger partial charge in [-0.05, 0) is 32.9 Å². The summed E-state index contributed by atoms with van der Waals surface area (Å²) >= 11 is 0. The molecule has 0 spiro atoms. The summed E-state index contributed by atoms with van der Waals surface area (Å²) in [6.07, 6.45) is 2.15. The van der Waals surface area contributed by atoms with Crippen molar-refractivity contribution >= 4 is 5.91 Å². The fraction of sp³-hybridized carbons (Fsp3) is 0.917. The van der Waals surface area contributed by atoms with Crippen LogP contribution in [0.5, 0.6) is 0 Å². The first-order valence-electron chi connectivity index (χ1n) is 6.41. The smallest absolute Gasteiger partial charge is 0.234 e. The predicted molar refractivity (Wildman–Crippen MR) is 66.4 cm³/mol. The van der Waals surface area contributed by atoms with Crippen molar-refractivity contribution in [2.24, 2.45) is 0 Å². The van der Waals surface area contributed by atoms with Crippen molar-refractivity contribution in [3.8, 4) is 0 Å². The fourth-order valence-electron chi connectivity index (χ4n) is 2.06. The number of carbonyl (C=O) groups is 1. The third kappa shape index (κ3) is 4.10. The van der Waals surface area contributed by atoms with Crippen LogP contribution in [-0.2, 0) is 4.79 Å². The van der Waals surface area contributed by atoms with Crippen molar-refractivity contribution in [1.29, 1.82) is 0 Å². The van der Waals surface area contributed by atoms with Crippen LogP contribution in [0, 0.1) is 0 Å². The molecule has 1 aliphatic rings. The average Bonchev–Trinajstić information content (AvgIpc) is 2.79. The van der Waals surface area contributed by atoms with Gasteiger partial charge in [0.05, 0.1) is 6.54 Å². The Labute approximate surface area is 98.8 Å². The van der Waals surface area contributed by atoms with E-state index < -0.39 is 0 Å². The van der Waals surface area contributed by atoms with Gasteiger partial charge in [0.15, 0.2) is 0 Å². The molecule has 0 aliphatic carbocycles. The van der Waals surface area contributed by atoms with Crippen LogP contribution in [0.2, 0.25) is 0 Å². The van der Waals surface area contributed by atoms with Crippen molar-refractivity contribution in [1.82, 2.24) is 15.5 Å². The molecule has 4 heteroatoms. The van der Waals surface area contributed by atoms with Gasteiger partial charge in [0.25, 0.3) is 0 Å². The molecular weight excluding hydrogens is 202 g/mol. The summed E-state index contributed by atoms with van der Waals surface area (Å²) in [5.74, 6) is 0.156. The lowest BCUT2D eigenvalue weighted by Crippen LogP contribution is -2.45. The number of rotatable bonds is 6. The first kappa shape index (κ1) is 13.5. The van der Waals surface area contributed by atoms with Gasteiger partial charge in [0.1, 0.15) is 0 Å². The van der Waals surface area contributed by atoms with Gasteiger partial charge < -0.3 is 10.6 Å². The van der Waals surface area contributed by atoms with E-state index in [0.717, 1.165) is 32.5 Å². The topological polar surface area (TPSA) is 44.4 Å². The van der Waals surface area contributed by atoms with Gasteiger partial charge in [-0.3, -0.25) is 9.69 Å². The Morgan fingerprint density at radius 2 is 2.31 bits per heavy atom. The van der Waals surface area contributed by atoms with Crippen molar-refractivity contribution in [3.63, 3.8) is 0 Å². The summed E-state index contributed by atoms with van der Waals surface area (Å²) in [7, 11) is 0. The molecule has 0 aromatic rings. The van der Waals surface area contributed by atoms with Gasteiger partial charge in [-0.25, -0.2) is 0 Å². The van der Waals surface area contributed by atoms with E-state index in [9.17, 15) is 4.79 Å². The van der Waals surface area contributed by atoms with Crippen molar-refractivity contribution in [2.75, 3.05) is 26.2 Å². The number of hydrogen-bond donors (Lipinski definition) is 2. The molecule has 0 bridgehead atoms. The van der Waals surface area contributed by atoms with Crippen LogP contribution in [0.3, 0.4) is 0 Å². The number of hydrogen-bond acceptors (Lipinski definition) is 3. The molecule has 1 fully saturated rings. The molecule has 2 atom stereocenters. The Hall–Kier alpha value is -0.610. The maximum absolute atomic E-state index is 11.8. The van der Waals surface area contributed by atoms with E-state index in [4.69, 9.17) is 0 Å². The van der Waals surface area contributed by atoms with Gasteiger partial charge in [-0.1, -0.05) is 13.8 Å². The number of amides is 1. The molecular formula is C12H25N3O. The molecule has 1 rings (SSSR count). The normalized spacial score (nSPS) is 22.4. The Morgan fingerprint density at radius 3 is 2.81 bits per heavy atom. The zero-order valence-corrected chi connectivity index (χ0v) is 10.8. The lowest BCUT2D eigenvalue weighted by atomic mass is 10.2.